The van der Waals surface area contributed by atoms with Crippen molar-refractivity contribution in [1.82, 2.24) is 19.7 Å². The SMILES string of the molecule is CCCc1cc(-n2cc(-c3ccc([N+](=O)[O-])cn3)cn2)ccn1. The zero-order valence-electron chi connectivity index (χ0n) is 12.6. The molecule has 0 spiro atoms. The van der Waals surface area contributed by atoms with E-state index in [1.807, 2.05) is 18.3 Å². The lowest BCUT2D eigenvalue weighted by atomic mass is 10.2. The van der Waals surface area contributed by atoms with E-state index >= 15 is 0 Å². The van der Waals surface area contributed by atoms with E-state index < -0.39 is 4.92 Å². The van der Waals surface area contributed by atoms with E-state index in [0.29, 0.717) is 5.69 Å². The summed E-state index contributed by atoms with van der Waals surface area (Å²) in [6.45, 7) is 2.11. The maximum atomic E-state index is 10.7. The number of nitro groups is 1. The summed E-state index contributed by atoms with van der Waals surface area (Å²) >= 11 is 0. The molecule has 0 aliphatic rings. The topological polar surface area (TPSA) is 86.7 Å². The Balaban J connectivity index is 1.88. The summed E-state index contributed by atoms with van der Waals surface area (Å²) in [6, 6.07) is 6.95. The van der Waals surface area contributed by atoms with Gasteiger partial charge in [0.2, 0.25) is 0 Å². The van der Waals surface area contributed by atoms with Gasteiger partial charge in [0.25, 0.3) is 5.69 Å². The first kappa shape index (κ1) is 14.8. The predicted octanol–water partition coefficient (Wildman–Crippen LogP) is 3.19. The number of nitrogens with zero attached hydrogens (tertiary/aromatic N) is 5. The van der Waals surface area contributed by atoms with Gasteiger partial charge in [-0.05, 0) is 24.6 Å². The molecule has 3 rings (SSSR count). The fourth-order valence-electron chi connectivity index (χ4n) is 2.26. The van der Waals surface area contributed by atoms with Gasteiger partial charge in [-0.15, -0.1) is 0 Å². The largest absolute Gasteiger partial charge is 0.287 e. The lowest BCUT2D eigenvalue weighted by Gasteiger charge is -2.03. The number of aromatic nitrogens is 4. The molecule has 0 fully saturated rings. The Bertz CT molecular complexity index is 826. The van der Waals surface area contributed by atoms with Crippen molar-refractivity contribution in [2.75, 3.05) is 0 Å². The second-order valence-electron chi connectivity index (χ2n) is 5.09. The Hall–Kier alpha value is -3.09. The van der Waals surface area contributed by atoms with E-state index in [-0.39, 0.29) is 5.69 Å². The number of pyridine rings is 2. The van der Waals surface area contributed by atoms with Gasteiger partial charge in [-0.25, -0.2) is 9.67 Å². The molecule has 7 nitrogen and oxygen atoms in total. The fraction of sp³-hybridized carbons (Fsp3) is 0.188. The van der Waals surface area contributed by atoms with Crippen LogP contribution in [0.2, 0.25) is 0 Å². The zero-order valence-corrected chi connectivity index (χ0v) is 12.6. The number of rotatable bonds is 5. The molecule has 0 radical (unpaired) electrons. The number of aryl methyl sites for hydroxylation is 1. The molecule has 23 heavy (non-hydrogen) atoms. The maximum Gasteiger partial charge on any atom is 0.287 e. The van der Waals surface area contributed by atoms with Crippen LogP contribution in [0.15, 0.2) is 49.1 Å². The van der Waals surface area contributed by atoms with Crippen LogP contribution in [0, 0.1) is 10.1 Å². The van der Waals surface area contributed by atoms with Crippen molar-refractivity contribution >= 4 is 5.69 Å². The molecule has 0 unspecified atom stereocenters. The van der Waals surface area contributed by atoms with E-state index in [1.165, 1.54) is 12.3 Å². The quantitative estimate of drug-likeness (QED) is 0.533. The van der Waals surface area contributed by atoms with E-state index in [1.54, 1.807) is 23.1 Å². The van der Waals surface area contributed by atoms with Gasteiger partial charge >= 0.3 is 0 Å². The summed E-state index contributed by atoms with van der Waals surface area (Å²) in [5, 5.41) is 15.0. The third-order valence-electron chi connectivity index (χ3n) is 3.41. The van der Waals surface area contributed by atoms with Gasteiger partial charge in [0.15, 0.2) is 0 Å². The number of hydrogen-bond acceptors (Lipinski definition) is 5. The van der Waals surface area contributed by atoms with Crippen LogP contribution in [0.25, 0.3) is 16.9 Å². The van der Waals surface area contributed by atoms with Crippen LogP contribution in [-0.4, -0.2) is 24.7 Å². The van der Waals surface area contributed by atoms with E-state index in [9.17, 15) is 10.1 Å². The molecule has 0 N–H and O–H groups in total. The first-order chi connectivity index (χ1) is 11.2. The Labute approximate surface area is 132 Å². The molecule has 0 saturated heterocycles. The Kier molecular flexibility index (Phi) is 4.09. The van der Waals surface area contributed by atoms with Crippen molar-refractivity contribution in [1.29, 1.82) is 0 Å². The molecule has 0 aliphatic heterocycles. The van der Waals surface area contributed by atoms with Gasteiger partial charge in [0.05, 0.1) is 22.5 Å². The Morgan fingerprint density at radius 1 is 1.22 bits per heavy atom. The van der Waals surface area contributed by atoms with Crippen molar-refractivity contribution in [3.63, 3.8) is 0 Å². The van der Waals surface area contributed by atoms with Crippen molar-refractivity contribution in [2.45, 2.75) is 19.8 Å². The second kappa shape index (κ2) is 6.35. The summed E-state index contributed by atoms with van der Waals surface area (Å²) in [5.74, 6) is 0. The van der Waals surface area contributed by atoms with E-state index in [0.717, 1.165) is 29.8 Å². The molecule has 3 aromatic heterocycles. The molecule has 0 bridgehead atoms. The molecule has 3 aromatic rings. The van der Waals surface area contributed by atoms with Crippen LogP contribution in [0.4, 0.5) is 5.69 Å². The van der Waals surface area contributed by atoms with Crippen LogP contribution >= 0.6 is 0 Å². The van der Waals surface area contributed by atoms with E-state index in [4.69, 9.17) is 0 Å². The molecule has 0 aromatic carbocycles. The molecular weight excluding hydrogens is 294 g/mol. The van der Waals surface area contributed by atoms with Crippen molar-refractivity contribution < 1.29 is 4.92 Å². The third-order valence-corrected chi connectivity index (χ3v) is 3.41. The molecule has 0 atom stereocenters. The summed E-state index contributed by atoms with van der Waals surface area (Å²) < 4.78 is 1.75. The summed E-state index contributed by atoms with van der Waals surface area (Å²) in [7, 11) is 0. The predicted molar refractivity (Wildman–Crippen MR) is 85.2 cm³/mol. The second-order valence-corrected chi connectivity index (χ2v) is 5.09. The van der Waals surface area contributed by atoms with E-state index in [2.05, 4.69) is 22.0 Å². The lowest BCUT2D eigenvalue weighted by Crippen LogP contribution is -1.97. The van der Waals surface area contributed by atoms with Gasteiger partial charge < -0.3 is 0 Å². The minimum atomic E-state index is -0.466. The Morgan fingerprint density at radius 2 is 2.09 bits per heavy atom. The highest BCUT2D eigenvalue weighted by Crippen LogP contribution is 2.20. The molecule has 0 aliphatic carbocycles. The fourth-order valence-corrected chi connectivity index (χ4v) is 2.26. The van der Waals surface area contributed by atoms with Gasteiger partial charge in [-0.1, -0.05) is 13.3 Å². The Morgan fingerprint density at radius 3 is 2.78 bits per heavy atom. The van der Waals surface area contributed by atoms with Crippen LogP contribution in [0.5, 0.6) is 0 Å². The minimum absolute atomic E-state index is 0.0283. The first-order valence-corrected chi connectivity index (χ1v) is 7.28. The summed E-state index contributed by atoms with van der Waals surface area (Å²) in [4.78, 5) is 18.6. The molecule has 7 heteroatoms. The minimum Gasteiger partial charge on any atom is -0.261 e. The zero-order chi connectivity index (χ0) is 16.2. The molecule has 116 valence electrons. The van der Waals surface area contributed by atoms with Crippen molar-refractivity contribution in [3.8, 4) is 16.9 Å². The highest BCUT2D eigenvalue weighted by molar-refractivity contribution is 5.58. The maximum absolute atomic E-state index is 10.7. The third kappa shape index (κ3) is 3.23. The first-order valence-electron chi connectivity index (χ1n) is 7.28. The van der Waals surface area contributed by atoms with Gasteiger partial charge in [-0.3, -0.25) is 15.1 Å². The highest BCUT2D eigenvalue weighted by atomic mass is 16.6. The normalized spacial score (nSPS) is 10.7. The molecule has 0 saturated carbocycles. The lowest BCUT2D eigenvalue weighted by molar-refractivity contribution is -0.385. The van der Waals surface area contributed by atoms with Crippen LogP contribution < -0.4 is 0 Å². The average Bonchev–Trinajstić information content (AvgIpc) is 3.05. The summed E-state index contributed by atoms with van der Waals surface area (Å²) in [6.07, 6.45) is 8.51. The summed E-state index contributed by atoms with van der Waals surface area (Å²) in [5.41, 5.74) is 3.37. The molecule has 0 amide bonds. The van der Waals surface area contributed by atoms with Crippen LogP contribution in [0.1, 0.15) is 19.0 Å². The van der Waals surface area contributed by atoms with Gasteiger partial charge in [0, 0.05) is 29.7 Å². The van der Waals surface area contributed by atoms with Crippen LogP contribution in [-0.2, 0) is 6.42 Å². The van der Waals surface area contributed by atoms with Crippen molar-refractivity contribution in [3.05, 3.63) is 64.9 Å². The van der Waals surface area contributed by atoms with Crippen molar-refractivity contribution in [2.24, 2.45) is 0 Å². The average molecular weight is 309 g/mol. The van der Waals surface area contributed by atoms with Gasteiger partial charge in [-0.2, -0.15) is 5.10 Å². The highest BCUT2D eigenvalue weighted by Gasteiger charge is 2.09. The molecular formula is C16H15N5O2. The standard InChI is InChI=1S/C16H15N5O2/c1-2-3-13-8-14(6-7-17-13)20-11-12(9-19-20)16-5-4-15(10-18-16)21(22)23/h4-11H,2-3H2,1H3. The monoisotopic (exact) mass is 309 g/mol. The van der Waals surface area contributed by atoms with Crippen LogP contribution in [0.3, 0.4) is 0 Å². The molecule has 3 heterocycles. The van der Waals surface area contributed by atoms with Gasteiger partial charge in [0.1, 0.15) is 6.20 Å². The number of hydrogen-bond donors (Lipinski definition) is 0. The smallest absolute Gasteiger partial charge is 0.261 e.